The molecule has 3 unspecified atom stereocenters. The Labute approximate surface area is 143 Å². The van der Waals surface area contributed by atoms with Gasteiger partial charge in [-0.15, -0.1) is 0 Å². The van der Waals surface area contributed by atoms with Gasteiger partial charge in [-0.2, -0.15) is 0 Å². The first-order chi connectivity index (χ1) is 11.0. The van der Waals surface area contributed by atoms with E-state index in [1.54, 1.807) is 0 Å². The van der Waals surface area contributed by atoms with E-state index in [4.69, 9.17) is 0 Å². The number of benzene rings is 1. The monoisotopic (exact) mass is 316 g/mol. The molecule has 0 spiro atoms. The van der Waals surface area contributed by atoms with Gasteiger partial charge in [0.25, 0.3) is 0 Å². The smallest absolute Gasteiger partial charge is 0.0321 e. The third-order valence-electron chi connectivity index (χ3n) is 5.86. The molecule has 2 heteroatoms. The normalized spacial score (nSPS) is 23.2. The Kier molecular flexibility index (Phi) is 6.67. The molecule has 0 radical (unpaired) electrons. The van der Waals surface area contributed by atoms with Gasteiger partial charge in [-0.1, -0.05) is 58.9 Å². The molecule has 0 amide bonds. The first-order valence-electron chi connectivity index (χ1n) is 9.55. The van der Waals surface area contributed by atoms with Crippen LogP contribution < -0.4 is 0 Å². The van der Waals surface area contributed by atoms with Crippen molar-refractivity contribution in [2.45, 2.75) is 66.0 Å². The second kappa shape index (κ2) is 8.30. The van der Waals surface area contributed by atoms with Gasteiger partial charge in [-0.3, -0.25) is 9.80 Å². The highest BCUT2D eigenvalue weighted by Crippen LogP contribution is 2.28. The molecule has 23 heavy (non-hydrogen) atoms. The van der Waals surface area contributed by atoms with E-state index >= 15 is 0 Å². The topological polar surface area (TPSA) is 6.48 Å². The molecule has 1 aliphatic heterocycles. The van der Waals surface area contributed by atoms with Crippen molar-refractivity contribution in [3.8, 4) is 0 Å². The molecular formula is C21H36N2. The van der Waals surface area contributed by atoms with Crippen LogP contribution in [0.25, 0.3) is 0 Å². The molecule has 1 aliphatic rings. The Morgan fingerprint density at radius 2 is 1.74 bits per heavy atom. The van der Waals surface area contributed by atoms with Crippen LogP contribution in [0.3, 0.4) is 0 Å². The lowest BCUT2D eigenvalue weighted by atomic mass is 9.93. The molecule has 2 nitrogen and oxygen atoms in total. The summed E-state index contributed by atoms with van der Waals surface area (Å²) >= 11 is 0. The molecule has 1 saturated heterocycles. The molecule has 0 aliphatic carbocycles. The predicted molar refractivity (Wildman–Crippen MR) is 101 cm³/mol. The van der Waals surface area contributed by atoms with Crippen LogP contribution in [-0.2, 0) is 0 Å². The van der Waals surface area contributed by atoms with Crippen LogP contribution in [-0.4, -0.2) is 42.0 Å². The SMILES string of the molecule is CCC(C)c1cccc(C(C)N2CCN(CC)C(C(C)C)C2)c1. The van der Waals surface area contributed by atoms with Gasteiger partial charge < -0.3 is 0 Å². The van der Waals surface area contributed by atoms with Gasteiger partial charge in [0, 0.05) is 31.7 Å². The van der Waals surface area contributed by atoms with E-state index in [-0.39, 0.29) is 0 Å². The molecule has 1 fully saturated rings. The molecule has 1 aromatic rings. The number of hydrogen-bond donors (Lipinski definition) is 0. The highest BCUT2D eigenvalue weighted by atomic mass is 15.3. The Morgan fingerprint density at radius 1 is 1.04 bits per heavy atom. The number of hydrogen-bond acceptors (Lipinski definition) is 2. The van der Waals surface area contributed by atoms with Crippen molar-refractivity contribution in [3.63, 3.8) is 0 Å². The van der Waals surface area contributed by atoms with Gasteiger partial charge >= 0.3 is 0 Å². The molecule has 0 aromatic heterocycles. The van der Waals surface area contributed by atoms with Crippen LogP contribution in [0.15, 0.2) is 24.3 Å². The predicted octanol–water partition coefficient (Wildman–Crippen LogP) is 4.92. The summed E-state index contributed by atoms with van der Waals surface area (Å²) in [5, 5.41) is 0. The zero-order valence-corrected chi connectivity index (χ0v) is 16.0. The molecule has 0 N–H and O–H groups in total. The molecule has 0 saturated carbocycles. The van der Waals surface area contributed by atoms with E-state index in [9.17, 15) is 0 Å². The van der Waals surface area contributed by atoms with E-state index in [0.29, 0.717) is 18.0 Å². The van der Waals surface area contributed by atoms with Gasteiger partial charge in [0.05, 0.1) is 0 Å². The molecule has 1 heterocycles. The minimum atomic E-state index is 0.513. The van der Waals surface area contributed by atoms with Crippen molar-refractivity contribution in [2.24, 2.45) is 5.92 Å². The van der Waals surface area contributed by atoms with Gasteiger partial charge in [0.2, 0.25) is 0 Å². The van der Waals surface area contributed by atoms with Crippen LogP contribution in [0.1, 0.15) is 71.0 Å². The third kappa shape index (κ3) is 4.36. The summed E-state index contributed by atoms with van der Waals surface area (Å²) in [4.78, 5) is 5.34. The van der Waals surface area contributed by atoms with Gasteiger partial charge in [0.1, 0.15) is 0 Å². The van der Waals surface area contributed by atoms with Crippen LogP contribution in [0.4, 0.5) is 0 Å². The molecule has 3 atom stereocenters. The summed E-state index contributed by atoms with van der Waals surface area (Å²) < 4.78 is 0. The fraction of sp³-hybridized carbons (Fsp3) is 0.714. The largest absolute Gasteiger partial charge is 0.298 e. The Morgan fingerprint density at radius 3 is 2.35 bits per heavy atom. The Hall–Kier alpha value is -0.860. The van der Waals surface area contributed by atoms with Crippen LogP contribution in [0.2, 0.25) is 0 Å². The molecule has 2 rings (SSSR count). The zero-order valence-electron chi connectivity index (χ0n) is 16.0. The summed E-state index contributed by atoms with van der Waals surface area (Å²) in [5.74, 6) is 1.37. The van der Waals surface area contributed by atoms with Crippen molar-refractivity contribution in [2.75, 3.05) is 26.2 Å². The summed E-state index contributed by atoms with van der Waals surface area (Å²) in [7, 11) is 0. The zero-order chi connectivity index (χ0) is 17.0. The average molecular weight is 317 g/mol. The lowest BCUT2D eigenvalue weighted by Gasteiger charge is -2.45. The average Bonchev–Trinajstić information content (AvgIpc) is 2.59. The van der Waals surface area contributed by atoms with Crippen molar-refractivity contribution in [1.82, 2.24) is 9.80 Å². The number of rotatable bonds is 6. The third-order valence-corrected chi connectivity index (χ3v) is 5.86. The quantitative estimate of drug-likeness (QED) is 0.734. The fourth-order valence-corrected chi connectivity index (χ4v) is 3.82. The first kappa shape index (κ1) is 18.5. The maximum absolute atomic E-state index is 2.69. The summed E-state index contributed by atoms with van der Waals surface area (Å²) in [6.07, 6.45) is 1.21. The minimum Gasteiger partial charge on any atom is -0.298 e. The fourth-order valence-electron chi connectivity index (χ4n) is 3.82. The number of piperazine rings is 1. The van der Waals surface area contributed by atoms with E-state index in [1.165, 1.54) is 43.7 Å². The van der Waals surface area contributed by atoms with E-state index < -0.39 is 0 Å². The van der Waals surface area contributed by atoms with Crippen molar-refractivity contribution >= 4 is 0 Å². The van der Waals surface area contributed by atoms with Crippen LogP contribution in [0.5, 0.6) is 0 Å². The van der Waals surface area contributed by atoms with Crippen molar-refractivity contribution < 1.29 is 0 Å². The van der Waals surface area contributed by atoms with Gasteiger partial charge in [0.15, 0.2) is 0 Å². The molecule has 0 bridgehead atoms. The number of nitrogens with zero attached hydrogens (tertiary/aromatic N) is 2. The first-order valence-corrected chi connectivity index (χ1v) is 9.55. The lowest BCUT2D eigenvalue weighted by Crippen LogP contribution is -2.55. The van der Waals surface area contributed by atoms with E-state index in [0.717, 1.165) is 5.92 Å². The second-order valence-corrected chi connectivity index (χ2v) is 7.59. The maximum atomic E-state index is 2.69. The van der Waals surface area contributed by atoms with Crippen LogP contribution >= 0.6 is 0 Å². The Balaban J connectivity index is 2.12. The minimum absolute atomic E-state index is 0.513. The highest BCUT2D eigenvalue weighted by Gasteiger charge is 2.30. The number of likely N-dealkylation sites (N-methyl/N-ethyl adjacent to an activating group) is 1. The summed E-state index contributed by atoms with van der Waals surface area (Å²) in [6.45, 7) is 18.8. The summed E-state index contributed by atoms with van der Waals surface area (Å²) in [6, 6.07) is 10.5. The van der Waals surface area contributed by atoms with Crippen molar-refractivity contribution in [3.05, 3.63) is 35.4 Å². The van der Waals surface area contributed by atoms with E-state index in [2.05, 4.69) is 75.6 Å². The molecule has 1 aromatic carbocycles. The van der Waals surface area contributed by atoms with Gasteiger partial charge in [-0.25, -0.2) is 0 Å². The van der Waals surface area contributed by atoms with Crippen LogP contribution in [0, 0.1) is 5.92 Å². The lowest BCUT2D eigenvalue weighted by molar-refractivity contribution is 0.0341. The Bertz CT molecular complexity index is 482. The summed E-state index contributed by atoms with van der Waals surface area (Å²) in [5.41, 5.74) is 2.97. The van der Waals surface area contributed by atoms with E-state index in [1.807, 2.05) is 0 Å². The second-order valence-electron chi connectivity index (χ2n) is 7.59. The standard InChI is InChI=1S/C21H36N2/c1-7-17(5)19-10-9-11-20(14-19)18(6)23-13-12-22(8-2)21(15-23)16(3)4/h9-11,14,16-18,21H,7-8,12-13,15H2,1-6H3. The molecule has 130 valence electrons. The van der Waals surface area contributed by atoms with Gasteiger partial charge in [-0.05, 0) is 42.9 Å². The molecular weight excluding hydrogens is 280 g/mol. The maximum Gasteiger partial charge on any atom is 0.0321 e. The highest BCUT2D eigenvalue weighted by molar-refractivity contribution is 5.28. The van der Waals surface area contributed by atoms with Crippen molar-refractivity contribution in [1.29, 1.82) is 0 Å².